The molecule has 84 valence electrons. The topological polar surface area (TPSA) is 32.7 Å². The van der Waals surface area contributed by atoms with Crippen LogP contribution in [0.2, 0.25) is 5.02 Å². The van der Waals surface area contributed by atoms with Crippen LogP contribution < -0.4 is 4.74 Å². The fourth-order valence-electron chi connectivity index (χ4n) is 1.13. The number of hydrogen-bond donors (Lipinski definition) is 1. The first kappa shape index (κ1) is 12.3. The Bertz CT molecular complexity index is 276. The van der Waals surface area contributed by atoms with Gasteiger partial charge < -0.3 is 14.7 Å². The molecule has 0 bridgehead atoms. The van der Waals surface area contributed by atoms with E-state index in [4.69, 9.17) is 21.4 Å². The van der Waals surface area contributed by atoms with Crippen molar-refractivity contribution < 1.29 is 9.84 Å². The van der Waals surface area contributed by atoms with Crippen molar-refractivity contribution in [1.82, 2.24) is 4.90 Å². The molecule has 0 atom stereocenters. The average molecular weight is 230 g/mol. The standard InChI is InChI=1S/C11H16ClNO2/c1-13(6-8-14)7-9-15-11-4-2-10(12)3-5-11/h2-5,14H,6-9H2,1H3. The number of halogens is 1. The Kier molecular flexibility index (Phi) is 5.47. The van der Waals surface area contributed by atoms with Crippen LogP contribution in [0.15, 0.2) is 24.3 Å². The SMILES string of the molecule is CN(CCO)CCOc1ccc(Cl)cc1. The number of likely N-dealkylation sites (N-methyl/N-ethyl adjacent to an activating group) is 1. The number of hydrogen-bond acceptors (Lipinski definition) is 3. The van der Waals surface area contributed by atoms with Gasteiger partial charge in [0.05, 0.1) is 6.61 Å². The van der Waals surface area contributed by atoms with Gasteiger partial charge in [-0.25, -0.2) is 0 Å². The van der Waals surface area contributed by atoms with Crippen molar-refractivity contribution in [3.63, 3.8) is 0 Å². The first-order valence-electron chi connectivity index (χ1n) is 4.90. The van der Waals surface area contributed by atoms with Gasteiger partial charge in [-0.1, -0.05) is 11.6 Å². The normalized spacial score (nSPS) is 10.7. The Balaban J connectivity index is 2.22. The van der Waals surface area contributed by atoms with E-state index in [9.17, 15) is 0 Å². The molecule has 0 spiro atoms. The fraction of sp³-hybridized carbons (Fsp3) is 0.455. The maximum Gasteiger partial charge on any atom is 0.119 e. The monoisotopic (exact) mass is 229 g/mol. The lowest BCUT2D eigenvalue weighted by Crippen LogP contribution is -2.27. The second-order valence-electron chi connectivity index (χ2n) is 3.33. The highest BCUT2D eigenvalue weighted by molar-refractivity contribution is 6.30. The second kappa shape index (κ2) is 6.67. The zero-order valence-corrected chi connectivity index (χ0v) is 9.57. The van der Waals surface area contributed by atoms with Crippen molar-refractivity contribution in [3.8, 4) is 5.75 Å². The van der Waals surface area contributed by atoms with Gasteiger partial charge in [0.25, 0.3) is 0 Å². The second-order valence-corrected chi connectivity index (χ2v) is 3.77. The molecule has 0 fully saturated rings. The van der Waals surface area contributed by atoms with E-state index < -0.39 is 0 Å². The quantitative estimate of drug-likeness (QED) is 0.805. The van der Waals surface area contributed by atoms with Crippen molar-refractivity contribution in [2.75, 3.05) is 33.4 Å². The van der Waals surface area contributed by atoms with E-state index in [2.05, 4.69) is 0 Å². The summed E-state index contributed by atoms with van der Waals surface area (Å²) in [6.45, 7) is 2.25. The third-order valence-electron chi connectivity index (χ3n) is 2.04. The molecule has 1 rings (SSSR count). The molecule has 1 aromatic rings. The number of benzene rings is 1. The van der Waals surface area contributed by atoms with Crippen LogP contribution >= 0.6 is 11.6 Å². The third-order valence-corrected chi connectivity index (χ3v) is 2.29. The van der Waals surface area contributed by atoms with Crippen molar-refractivity contribution in [2.24, 2.45) is 0 Å². The molecule has 0 saturated heterocycles. The van der Waals surface area contributed by atoms with Gasteiger partial charge >= 0.3 is 0 Å². The summed E-state index contributed by atoms with van der Waals surface area (Å²) in [4.78, 5) is 2.01. The number of ether oxygens (including phenoxy) is 1. The summed E-state index contributed by atoms with van der Waals surface area (Å²) in [5, 5.41) is 9.39. The van der Waals surface area contributed by atoms with Crippen LogP contribution in [-0.2, 0) is 0 Å². The Morgan fingerprint density at radius 3 is 2.53 bits per heavy atom. The van der Waals surface area contributed by atoms with Gasteiger partial charge in [0.15, 0.2) is 0 Å². The average Bonchev–Trinajstić information content (AvgIpc) is 2.21. The van der Waals surface area contributed by atoms with Gasteiger partial charge in [0, 0.05) is 18.1 Å². The van der Waals surface area contributed by atoms with Crippen LogP contribution in [0.1, 0.15) is 0 Å². The van der Waals surface area contributed by atoms with Crippen LogP contribution in [0.5, 0.6) is 5.75 Å². The first-order valence-corrected chi connectivity index (χ1v) is 5.28. The highest BCUT2D eigenvalue weighted by Gasteiger charge is 1.98. The van der Waals surface area contributed by atoms with Gasteiger partial charge in [-0.3, -0.25) is 0 Å². The maximum absolute atomic E-state index is 8.69. The van der Waals surface area contributed by atoms with Crippen LogP contribution in [0.4, 0.5) is 0 Å². The van der Waals surface area contributed by atoms with E-state index in [1.807, 2.05) is 24.1 Å². The Hall–Kier alpha value is -0.770. The van der Waals surface area contributed by atoms with Crippen molar-refractivity contribution >= 4 is 11.6 Å². The van der Waals surface area contributed by atoms with E-state index in [0.29, 0.717) is 18.2 Å². The first-order chi connectivity index (χ1) is 7.22. The number of aliphatic hydroxyl groups is 1. The van der Waals surface area contributed by atoms with Gasteiger partial charge in [-0.05, 0) is 31.3 Å². The van der Waals surface area contributed by atoms with Crippen molar-refractivity contribution in [3.05, 3.63) is 29.3 Å². The van der Waals surface area contributed by atoms with E-state index in [-0.39, 0.29) is 6.61 Å². The van der Waals surface area contributed by atoms with Crippen molar-refractivity contribution in [1.29, 1.82) is 0 Å². The smallest absolute Gasteiger partial charge is 0.119 e. The minimum absolute atomic E-state index is 0.178. The lowest BCUT2D eigenvalue weighted by Gasteiger charge is -2.15. The molecule has 4 heteroatoms. The minimum atomic E-state index is 0.178. The Morgan fingerprint density at radius 2 is 1.93 bits per heavy atom. The van der Waals surface area contributed by atoms with E-state index in [1.165, 1.54) is 0 Å². The molecule has 0 saturated carbocycles. The van der Waals surface area contributed by atoms with Gasteiger partial charge in [0.2, 0.25) is 0 Å². The zero-order chi connectivity index (χ0) is 11.1. The highest BCUT2D eigenvalue weighted by atomic mass is 35.5. The molecule has 1 N–H and O–H groups in total. The zero-order valence-electron chi connectivity index (χ0n) is 8.82. The molecule has 0 unspecified atom stereocenters. The number of rotatable bonds is 6. The lowest BCUT2D eigenvalue weighted by molar-refractivity contribution is 0.192. The lowest BCUT2D eigenvalue weighted by atomic mass is 10.3. The minimum Gasteiger partial charge on any atom is -0.492 e. The Labute approximate surface area is 95.2 Å². The predicted octanol–water partition coefficient (Wildman–Crippen LogP) is 1.64. The molecular weight excluding hydrogens is 214 g/mol. The van der Waals surface area contributed by atoms with Gasteiger partial charge in [-0.2, -0.15) is 0 Å². The number of nitrogens with zero attached hydrogens (tertiary/aromatic N) is 1. The fourth-order valence-corrected chi connectivity index (χ4v) is 1.26. The highest BCUT2D eigenvalue weighted by Crippen LogP contribution is 2.15. The molecule has 0 aromatic heterocycles. The summed E-state index contributed by atoms with van der Waals surface area (Å²) >= 11 is 5.75. The molecule has 0 aliphatic heterocycles. The molecule has 0 radical (unpaired) electrons. The molecule has 0 aliphatic carbocycles. The summed E-state index contributed by atoms with van der Waals surface area (Å²) in [6, 6.07) is 7.28. The van der Waals surface area contributed by atoms with E-state index >= 15 is 0 Å². The van der Waals surface area contributed by atoms with Crippen LogP contribution in [0, 0.1) is 0 Å². The molecule has 1 aromatic carbocycles. The third kappa shape index (κ3) is 5.02. The summed E-state index contributed by atoms with van der Waals surface area (Å²) in [6.07, 6.45) is 0. The van der Waals surface area contributed by atoms with E-state index in [1.54, 1.807) is 12.1 Å². The summed E-state index contributed by atoms with van der Waals surface area (Å²) < 4.78 is 5.50. The molecule has 15 heavy (non-hydrogen) atoms. The molecule has 0 amide bonds. The van der Waals surface area contributed by atoms with Gasteiger partial charge in [-0.15, -0.1) is 0 Å². The summed E-state index contributed by atoms with van der Waals surface area (Å²) in [5.41, 5.74) is 0. The molecule has 0 aliphatic rings. The van der Waals surface area contributed by atoms with Crippen LogP contribution in [-0.4, -0.2) is 43.4 Å². The maximum atomic E-state index is 8.69. The summed E-state index contributed by atoms with van der Waals surface area (Å²) in [5.74, 6) is 0.816. The molecule has 3 nitrogen and oxygen atoms in total. The van der Waals surface area contributed by atoms with Crippen molar-refractivity contribution in [2.45, 2.75) is 0 Å². The molecule has 0 heterocycles. The largest absolute Gasteiger partial charge is 0.492 e. The van der Waals surface area contributed by atoms with Gasteiger partial charge in [0.1, 0.15) is 12.4 Å². The van der Waals surface area contributed by atoms with Crippen LogP contribution in [0.25, 0.3) is 0 Å². The molecular formula is C11H16ClNO2. The van der Waals surface area contributed by atoms with E-state index in [0.717, 1.165) is 12.3 Å². The Morgan fingerprint density at radius 1 is 1.27 bits per heavy atom. The number of aliphatic hydroxyl groups excluding tert-OH is 1. The van der Waals surface area contributed by atoms with Crippen LogP contribution in [0.3, 0.4) is 0 Å². The summed E-state index contributed by atoms with van der Waals surface area (Å²) in [7, 11) is 1.95. The predicted molar refractivity (Wildman–Crippen MR) is 61.5 cm³/mol.